The molecular formula is C27H32N4O9. The normalized spacial score (nSPS) is 13.6. The quantitative estimate of drug-likeness (QED) is 0.143. The van der Waals surface area contributed by atoms with Crippen molar-refractivity contribution in [3.63, 3.8) is 0 Å². The number of carboxylic acids is 3. The van der Waals surface area contributed by atoms with Crippen LogP contribution >= 0.6 is 0 Å². The Morgan fingerprint density at radius 1 is 0.625 bits per heavy atom. The fourth-order valence-electron chi connectivity index (χ4n) is 3.75. The minimum absolute atomic E-state index is 0.0848. The maximum absolute atomic E-state index is 13.0. The summed E-state index contributed by atoms with van der Waals surface area (Å²) in [5, 5.41) is 34.8. The maximum Gasteiger partial charge on any atom is 0.326 e. The van der Waals surface area contributed by atoms with Gasteiger partial charge in [0.15, 0.2) is 0 Å². The van der Waals surface area contributed by atoms with Gasteiger partial charge in [0.1, 0.15) is 18.1 Å². The van der Waals surface area contributed by atoms with Crippen LogP contribution in [0.3, 0.4) is 0 Å². The van der Waals surface area contributed by atoms with E-state index in [-0.39, 0.29) is 12.8 Å². The molecule has 0 saturated carbocycles. The summed E-state index contributed by atoms with van der Waals surface area (Å²) < 4.78 is 0. The van der Waals surface area contributed by atoms with Crippen molar-refractivity contribution in [2.24, 2.45) is 5.73 Å². The number of aliphatic carboxylic acids is 3. The zero-order valence-corrected chi connectivity index (χ0v) is 21.5. The molecule has 0 aromatic heterocycles. The van der Waals surface area contributed by atoms with Crippen molar-refractivity contribution >= 4 is 35.6 Å². The second-order valence-electron chi connectivity index (χ2n) is 9.04. The topological polar surface area (TPSA) is 225 Å². The van der Waals surface area contributed by atoms with Crippen LogP contribution in [-0.2, 0) is 41.6 Å². The first-order valence-electron chi connectivity index (χ1n) is 12.4. The Labute approximate surface area is 229 Å². The number of carboxylic acid groups (broad SMARTS) is 3. The first-order chi connectivity index (χ1) is 19.0. The molecule has 0 spiro atoms. The molecule has 13 nitrogen and oxygen atoms in total. The predicted octanol–water partition coefficient (Wildman–Crippen LogP) is -0.322. The number of nitrogens with one attached hydrogen (secondary N) is 3. The van der Waals surface area contributed by atoms with Crippen molar-refractivity contribution in [3.05, 3.63) is 71.8 Å². The Morgan fingerprint density at radius 3 is 1.60 bits per heavy atom. The second-order valence-corrected chi connectivity index (χ2v) is 9.04. The fraction of sp³-hybridized carbons (Fsp3) is 0.333. The van der Waals surface area contributed by atoms with E-state index >= 15 is 0 Å². The van der Waals surface area contributed by atoms with Crippen LogP contribution < -0.4 is 21.7 Å². The van der Waals surface area contributed by atoms with Crippen LogP contribution in [0.4, 0.5) is 0 Å². The van der Waals surface area contributed by atoms with Crippen LogP contribution in [-0.4, -0.2) is 75.1 Å². The summed E-state index contributed by atoms with van der Waals surface area (Å²) in [7, 11) is 0. The molecule has 13 heteroatoms. The Bertz CT molecular complexity index is 1190. The van der Waals surface area contributed by atoms with Crippen molar-refractivity contribution in [1.29, 1.82) is 0 Å². The summed E-state index contributed by atoms with van der Waals surface area (Å²) >= 11 is 0. The van der Waals surface area contributed by atoms with Gasteiger partial charge in [0.25, 0.3) is 0 Å². The van der Waals surface area contributed by atoms with Gasteiger partial charge in [-0.15, -0.1) is 0 Å². The summed E-state index contributed by atoms with van der Waals surface area (Å²) in [5.74, 6) is -6.96. The minimum Gasteiger partial charge on any atom is -0.481 e. The molecule has 2 aromatic carbocycles. The molecule has 0 aliphatic rings. The zero-order chi connectivity index (χ0) is 29.7. The molecule has 8 N–H and O–H groups in total. The Balaban J connectivity index is 2.15. The van der Waals surface area contributed by atoms with E-state index in [9.17, 15) is 39.0 Å². The lowest BCUT2D eigenvalue weighted by Crippen LogP contribution is -2.57. The van der Waals surface area contributed by atoms with E-state index in [1.165, 1.54) is 0 Å². The van der Waals surface area contributed by atoms with Crippen LogP contribution in [0.25, 0.3) is 0 Å². The second kappa shape index (κ2) is 15.6. The van der Waals surface area contributed by atoms with Gasteiger partial charge in [0.2, 0.25) is 17.7 Å². The Hall–Kier alpha value is -4.78. The van der Waals surface area contributed by atoms with E-state index in [4.69, 9.17) is 10.8 Å². The molecule has 3 amide bonds. The number of hydrogen-bond donors (Lipinski definition) is 7. The molecule has 4 unspecified atom stereocenters. The SMILES string of the molecule is NC(Cc1ccccc1)C(=O)NC(CC(=O)O)C(=O)NC(CCC(=O)O)C(=O)NC(Cc1ccccc1)C(=O)O. The van der Waals surface area contributed by atoms with Gasteiger partial charge in [0.05, 0.1) is 12.5 Å². The highest BCUT2D eigenvalue weighted by atomic mass is 16.4. The van der Waals surface area contributed by atoms with E-state index < -0.39 is 79.1 Å². The number of carbonyl (C=O) groups is 6. The van der Waals surface area contributed by atoms with Crippen LogP contribution in [0.2, 0.25) is 0 Å². The number of amides is 3. The molecule has 0 saturated heterocycles. The highest BCUT2D eigenvalue weighted by Crippen LogP contribution is 2.07. The maximum atomic E-state index is 13.0. The standard InChI is InChI=1S/C27H32N4O9/c28-18(13-16-7-3-1-4-8-16)24(36)30-20(15-23(34)35)26(38)29-19(11-12-22(32)33)25(37)31-21(27(39)40)14-17-9-5-2-6-10-17/h1-10,18-21H,11-15,28H2,(H,29,38)(H,30,36)(H,31,37)(H,32,33)(H,34,35)(H,39,40). The summed E-state index contributed by atoms with van der Waals surface area (Å²) in [6.45, 7) is 0. The lowest BCUT2D eigenvalue weighted by molar-refractivity contribution is -0.143. The monoisotopic (exact) mass is 556 g/mol. The molecule has 40 heavy (non-hydrogen) atoms. The van der Waals surface area contributed by atoms with Crippen molar-refractivity contribution < 1.29 is 44.1 Å². The molecule has 0 aliphatic heterocycles. The van der Waals surface area contributed by atoms with Crippen molar-refractivity contribution in [2.75, 3.05) is 0 Å². The molecule has 2 rings (SSSR count). The van der Waals surface area contributed by atoms with Crippen LogP contribution in [0.1, 0.15) is 30.4 Å². The highest BCUT2D eigenvalue weighted by molar-refractivity contribution is 5.95. The lowest BCUT2D eigenvalue weighted by atomic mass is 10.0. The number of nitrogens with two attached hydrogens (primary N) is 1. The molecule has 0 radical (unpaired) electrons. The van der Waals surface area contributed by atoms with Crippen molar-refractivity contribution in [3.8, 4) is 0 Å². The average molecular weight is 557 g/mol. The smallest absolute Gasteiger partial charge is 0.326 e. The fourth-order valence-corrected chi connectivity index (χ4v) is 3.75. The predicted molar refractivity (Wildman–Crippen MR) is 141 cm³/mol. The van der Waals surface area contributed by atoms with E-state index in [1.54, 1.807) is 60.7 Å². The number of benzene rings is 2. The third-order valence-corrected chi connectivity index (χ3v) is 5.82. The van der Waals surface area contributed by atoms with Gasteiger partial charge in [-0.1, -0.05) is 60.7 Å². The van der Waals surface area contributed by atoms with Crippen molar-refractivity contribution in [2.45, 2.75) is 56.3 Å². The highest BCUT2D eigenvalue weighted by Gasteiger charge is 2.32. The summed E-state index contributed by atoms with van der Waals surface area (Å²) in [4.78, 5) is 72.9. The summed E-state index contributed by atoms with van der Waals surface area (Å²) in [6, 6.07) is 11.5. The molecule has 0 heterocycles. The Kier molecular flexibility index (Phi) is 12.3. The average Bonchev–Trinajstić information content (AvgIpc) is 2.90. The van der Waals surface area contributed by atoms with E-state index in [0.717, 1.165) is 5.56 Å². The number of carbonyl (C=O) groups excluding carboxylic acids is 3. The molecular weight excluding hydrogens is 524 g/mol. The number of rotatable bonds is 16. The van der Waals surface area contributed by atoms with Crippen LogP contribution in [0.5, 0.6) is 0 Å². The van der Waals surface area contributed by atoms with Gasteiger partial charge in [-0.2, -0.15) is 0 Å². The van der Waals surface area contributed by atoms with Gasteiger partial charge in [-0.25, -0.2) is 4.79 Å². The number of hydrogen-bond acceptors (Lipinski definition) is 7. The van der Waals surface area contributed by atoms with Gasteiger partial charge in [-0.3, -0.25) is 24.0 Å². The first kappa shape index (κ1) is 31.4. The minimum atomic E-state index is -1.65. The van der Waals surface area contributed by atoms with Crippen molar-refractivity contribution in [1.82, 2.24) is 16.0 Å². The molecule has 0 fully saturated rings. The molecule has 0 bridgehead atoms. The van der Waals surface area contributed by atoms with Gasteiger partial charge in [0, 0.05) is 12.8 Å². The molecule has 0 aliphatic carbocycles. The van der Waals surface area contributed by atoms with Gasteiger partial charge >= 0.3 is 17.9 Å². The van der Waals surface area contributed by atoms with Gasteiger partial charge < -0.3 is 37.0 Å². The largest absolute Gasteiger partial charge is 0.481 e. The van der Waals surface area contributed by atoms with Gasteiger partial charge in [-0.05, 0) is 24.0 Å². The van der Waals surface area contributed by atoms with E-state index in [0.29, 0.717) is 5.56 Å². The Morgan fingerprint density at radius 2 is 1.10 bits per heavy atom. The third kappa shape index (κ3) is 10.9. The summed E-state index contributed by atoms with van der Waals surface area (Å²) in [5.41, 5.74) is 7.27. The summed E-state index contributed by atoms with van der Waals surface area (Å²) in [6.07, 6.45) is -1.82. The molecule has 4 atom stereocenters. The van der Waals surface area contributed by atoms with E-state index in [2.05, 4.69) is 16.0 Å². The molecule has 214 valence electrons. The third-order valence-electron chi connectivity index (χ3n) is 5.82. The van der Waals surface area contributed by atoms with Crippen LogP contribution in [0.15, 0.2) is 60.7 Å². The zero-order valence-electron chi connectivity index (χ0n) is 21.5. The lowest BCUT2D eigenvalue weighted by Gasteiger charge is -2.24. The van der Waals surface area contributed by atoms with E-state index in [1.807, 2.05) is 0 Å². The first-order valence-corrected chi connectivity index (χ1v) is 12.4. The van der Waals surface area contributed by atoms with Crippen LogP contribution in [0, 0.1) is 0 Å². The molecule has 2 aromatic rings.